The average Bonchev–Trinajstić information content (AvgIpc) is 1.84. The third-order valence-electron chi connectivity index (χ3n) is 3.02. The molecule has 62 valence electrons. The summed E-state index contributed by atoms with van der Waals surface area (Å²) in [6, 6.07) is 0. The van der Waals surface area contributed by atoms with Gasteiger partial charge in [-0.25, -0.2) is 0 Å². The molecule has 0 aromatic carbocycles. The van der Waals surface area contributed by atoms with Crippen molar-refractivity contribution < 1.29 is 4.74 Å². The van der Waals surface area contributed by atoms with Gasteiger partial charge in [-0.3, -0.25) is 0 Å². The molecule has 2 heterocycles. The van der Waals surface area contributed by atoms with Gasteiger partial charge in [0.05, 0.1) is 11.2 Å². The first-order chi connectivity index (χ1) is 5.02. The molecule has 0 unspecified atom stereocenters. The van der Waals surface area contributed by atoms with E-state index in [1.165, 1.54) is 12.8 Å². The Kier molecular flexibility index (Phi) is 1.26. The zero-order valence-electron chi connectivity index (χ0n) is 7.55. The van der Waals surface area contributed by atoms with E-state index in [4.69, 9.17) is 4.74 Å². The van der Waals surface area contributed by atoms with E-state index in [-0.39, 0.29) is 11.2 Å². The summed E-state index contributed by atoms with van der Waals surface area (Å²) in [4.78, 5) is 0. The Bertz CT molecular complexity index is 205. The van der Waals surface area contributed by atoms with Gasteiger partial charge in [-0.2, -0.15) is 0 Å². The molecule has 0 aromatic rings. The largest absolute Gasteiger partial charge is 0.365 e. The molecule has 11 heavy (non-hydrogen) atoms. The molecule has 0 saturated carbocycles. The molecule has 0 aromatic heterocycles. The van der Waals surface area contributed by atoms with Crippen LogP contribution < -0.4 is 0 Å². The Labute approximate surface area is 68.4 Å². The second-order valence-corrected chi connectivity index (χ2v) is 4.52. The fourth-order valence-electron chi connectivity index (χ4n) is 2.28. The Hall–Kier alpha value is -0.300. The van der Waals surface area contributed by atoms with Crippen molar-refractivity contribution >= 4 is 0 Å². The highest BCUT2D eigenvalue weighted by atomic mass is 16.5. The third kappa shape index (κ3) is 1.02. The molecule has 3 rings (SSSR count). The molecule has 1 fully saturated rings. The van der Waals surface area contributed by atoms with Crippen molar-refractivity contribution in [2.75, 3.05) is 0 Å². The standard InChI is InChI=1S/C10H16O/c1-9(2)8-4-6-10(3,11-9)7-5-8/h4,6,8H,5,7H2,1-3H3/t8-,10+/m1/s1. The first kappa shape index (κ1) is 7.35. The van der Waals surface area contributed by atoms with Gasteiger partial charge >= 0.3 is 0 Å². The highest BCUT2D eigenvalue weighted by Crippen LogP contribution is 2.44. The van der Waals surface area contributed by atoms with E-state index in [1.807, 2.05) is 0 Å². The molecular formula is C10H16O. The van der Waals surface area contributed by atoms with Gasteiger partial charge in [0.15, 0.2) is 0 Å². The van der Waals surface area contributed by atoms with Crippen molar-refractivity contribution in [2.45, 2.75) is 44.8 Å². The molecule has 1 nitrogen and oxygen atoms in total. The predicted octanol–water partition coefficient (Wildman–Crippen LogP) is 2.52. The fourth-order valence-corrected chi connectivity index (χ4v) is 2.28. The summed E-state index contributed by atoms with van der Waals surface area (Å²) in [5.41, 5.74) is 0.111. The lowest BCUT2D eigenvalue weighted by atomic mass is 9.74. The second kappa shape index (κ2) is 1.89. The van der Waals surface area contributed by atoms with Crippen LogP contribution in [-0.4, -0.2) is 11.2 Å². The average molecular weight is 152 g/mol. The number of ether oxygens (including phenoxy) is 1. The van der Waals surface area contributed by atoms with Crippen molar-refractivity contribution in [3.8, 4) is 0 Å². The van der Waals surface area contributed by atoms with Crippen LogP contribution in [-0.2, 0) is 4.74 Å². The zero-order chi connectivity index (χ0) is 8.11. The van der Waals surface area contributed by atoms with Crippen LogP contribution in [0.1, 0.15) is 33.6 Å². The maximum absolute atomic E-state index is 5.97. The lowest BCUT2D eigenvalue weighted by Crippen LogP contribution is -2.50. The van der Waals surface area contributed by atoms with E-state index < -0.39 is 0 Å². The lowest BCUT2D eigenvalue weighted by molar-refractivity contribution is -0.171. The monoisotopic (exact) mass is 152 g/mol. The first-order valence-electron chi connectivity index (χ1n) is 4.41. The van der Waals surface area contributed by atoms with E-state index in [0.717, 1.165) is 0 Å². The summed E-state index contributed by atoms with van der Waals surface area (Å²) >= 11 is 0. The topological polar surface area (TPSA) is 9.23 Å². The van der Waals surface area contributed by atoms with Crippen LogP contribution in [0.15, 0.2) is 12.2 Å². The molecule has 0 radical (unpaired) electrons. The highest BCUT2D eigenvalue weighted by molar-refractivity contribution is 5.15. The molecule has 2 atom stereocenters. The minimum Gasteiger partial charge on any atom is -0.365 e. The number of hydrogen-bond acceptors (Lipinski definition) is 1. The SMILES string of the molecule is CC1(C)O[C@@]2(C)C=C[C@@H]1CC2. The maximum Gasteiger partial charge on any atom is 0.0842 e. The van der Waals surface area contributed by atoms with Crippen molar-refractivity contribution in [1.82, 2.24) is 0 Å². The molecule has 1 aliphatic carbocycles. The summed E-state index contributed by atoms with van der Waals surface area (Å²) in [7, 11) is 0. The van der Waals surface area contributed by atoms with Gasteiger partial charge in [-0.1, -0.05) is 12.2 Å². The van der Waals surface area contributed by atoms with Gasteiger partial charge in [0.25, 0.3) is 0 Å². The fraction of sp³-hybridized carbons (Fsp3) is 0.800. The van der Waals surface area contributed by atoms with E-state index in [2.05, 4.69) is 32.9 Å². The first-order valence-corrected chi connectivity index (χ1v) is 4.41. The van der Waals surface area contributed by atoms with Crippen LogP contribution in [0.2, 0.25) is 0 Å². The zero-order valence-corrected chi connectivity index (χ0v) is 7.55. The summed E-state index contributed by atoms with van der Waals surface area (Å²) in [5.74, 6) is 0.643. The van der Waals surface area contributed by atoms with E-state index in [1.54, 1.807) is 0 Å². The number of rotatable bonds is 0. The van der Waals surface area contributed by atoms with Crippen molar-refractivity contribution in [3.63, 3.8) is 0 Å². The van der Waals surface area contributed by atoms with Crippen LogP contribution in [0.25, 0.3) is 0 Å². The molecule has 2 bridgehead atoms. The van der Waals surface area contributed by atoms with Crippen molar-refractivity contribution in [2.24, 2.45) is 5.92 Å². The van der Waals surface area contributed by atoms with Gasteiger partial charge in [-0.15, -0.1) is 0 Å². The Morgan fingerprint density at radius 2 is 2.09 bits per heavy atom. The van der Waals surface area contributed by atoms with Gasteiger partial charge in [0, 0.05) is 5.92 Å². The summed E-state index contributed by atoms with van der Waals surface area (Å²) in [5, 5.41) is 0. The number of fused-ring (bicyclic) bond motifs is 2. The van der Waals surface area contributed by atoms with Crippen LogP contribution in [0.4, 0.5) is 0 Å². The van der Waals surface area contributed by atoms with Gasteiger partial charge in [0.1, 0.15) is 0 Å². The van der Waals surface area contributed by atoms with Crippen molar-refractivity contribution in [1.29, 1.82) is 0 Å². The van der Waals surface area contributed by atoms with Gasteiger partial charge in [-0.05, 0) is 33.6 Å². The second-order valence-electron chi connectivity index (χ2n) is 4.52. The van der Waals surface area contributed by atoms with E-state index in [0.29, 0.717) is 5.92 Å². The quantitative estimate of drug-likeness (QED) is 0.485. The maximum atomic E-state index is 5.97. The molecular weight excluding hydrogens is 136 g/mol. The van der Waals surface area contributed by atoms with Crippen LogP contribution in [0.5, 0.6) is 0 Å². The smallest absolute Gasteiger partial charge is 0.0842 e. The summed E-state index contributed by atoms with van der Waals surface area (Å²) in [6.45, 7) is 6.57. The van der Waals surface area contributed by atoms with E-state index in [9.17, 15) is 0 Å². The molecule has 1 saturated heterocycles. The van der Waals surface area contributed by atoms with Crippen LogP contribution >= 0.6 is 0 Å². The Morgan fingerprint density at radius 3 is 2.36 bits per heavy atom. The molecule has 0 spiro atoms. The van der Waals surface area contributed by atoms with Gasteiger partial charge < -0.3 is 4.74 Å². The summed E-state index contributed by atoms with van der Waals surface area (Å²) < 4.78 is 5.97. The van der Waals surface area contributed by atoms with Crippen molar-refractivity contribution in [3.05, 3.63) is 12.2 Å². The molecule has 2 aliphatic heterocycles. The van der Waals surface area contributed by atoms with Crippen LogP contribution in [0, 0.1) is 5.92 Å². The lowest BCUT2D eigenvalue weighted by Gasteiger charge is -2.50. The van der Waals surface area contributed by atoms with Crippen LogP contribution in [0.3, 0.4) is 0 Å². The molecule has 1 heteroatoms. The molecule has 0 amide bonds. The third-order valence-corrected chi connectivity index (χ3v) is 3.02. The minimum atomic E-state index is 0.0399. The molecule has 3 aliphatic rings. The number of hydrogen-bond donors (Lipinski definition) is 0. The minimum absolute atomic E-state index is 0.0399. The normalized spacial score (nSPS) is 46.3. The predicted molar refractivity (Wildman–Crippen MR) is 45.4 cm³/mol. The van der Waals surface area contributed by atoms with Gasteiger partial charge in [0.2, 0.25) is 0 Å². The molecule has 0 N–H and O–H groups in total. The summed E-state index contributed by atoms with van der Waals surface area (Å²) in [6.07, 6.45) is 7.04. The van der Waals surface area contributed by atoms with E-state index >= 15 is 0 Å². The Balaban J connectivity index is 2.34. The highest BCUT2D eigenvalue weighted by Gasteiger charge is 2.44. The Morgan fingerprint density at radius 1 is 1.36 bits per heavy atom.